The zero-order chi connectivity index (χ0) is 23.1. The van der Waals surface area contributed by atoms with Gasteiger partial charge in [0, 0.05) is 43.8 Å². The Morgan fingerprint density at radius 1 is 1.28 bits per heavy atom. The molecule has 1 amide bonds. The van der Waals surface area contributed by atoms with Crippen molar-refractivity contribution in [2.45, 2.75) is 38.8 Å². The van der Waals surface area contributed by atoms with Crippen LogP contribution in [0.5, 0.6) is 5.88 Å². The van der Waals surface area contributed by atoms with Gasteiger partial charge in [0.05, 0.1) is 0 Å². The number of nitrogens with zero attached hydrogens (tertiary/aromatic N) is 3. The molecule has 0 unspecified atom stereocenters. The van der Waals surface area contributed by atoms with Crippen LogP contribution in [-0.4, -0.2) is 47.5 Å². The van der Waals surface area contributed by atoms with Gasteiger partial charge in [-0.15, -0.1) is 0 Å². The number of Topliss-reactive ketones (excluding diaryl/α,β-unsaturated/α-hetero) is 1. The van der Waals surface area contributed by atoms with Crippen molar-refractivity contribution < 1.29 is 27.5 Å². The van der Waals surface area contributed by atoms with Crippen LogP contribution >= 0.6 is 0 Å². The maximum atomic E-state index is 12.8. The van der Waals surface area contributed by atoms with Crippen molar-refractivity contribution in [1.82, 2.24) is 9.97 Å². The predicted molar refractivity (Wildman–Crippen MR) is 113 cm³/mol. The molecule has 0 saturated carbocycles. The van der Waals surface area contributed by atoms with Gasteiger partial charge in [0.1, 0.15) is 11.6 Å². The third-order valence-corrected chi connectivity index (χ3v) is 5.08. The number of nitrogens with one attached hydrogen (secondary N) is 1. The summed E-state index contributed by atoms with van der Waals surface area (Å²) in [6.07, 6.45) is -0.624. The lowest BCUT2D eigenvalue weighted by atomic mass is 9.91. The molecule has 2 aromatic rings. The van der Waals surface area contributed by atoms with E-state index >= 15 is 0 Å². The largest absolute Gasteiger partial charge is 0.468 e. The summed E-state index contributed by atoms with van der Waals surface area (Å²) in [7, 11) is 0. The van der Waals surface area contributed by atoms with Crippen molar-refractivity contribution >= 4 is 23.3 Å². The molecule has 1 aliphatic rings. The summed E-state index contributed by atoms with van der Waals surface area (Å²) >= 11 is 0. The second-order valence-corrected chi connectivity index (χ2v) is 7.65. The van der Waals surface area contributed by atoms with E-state index in [1.54, 1.807) is 31.2 Å². The predicted octanol–water partition coefficient (Wildman–Crippen LogP) is 4.26. The van der Waals surface area contributed by atoms with Gasteiger partial charge in [0.2, 0.25) is 11.8 Å². The van der Waals surface area contributed by atoms with Crippen LogP contribution in [0.3, 0.4) is 0 Å². The Labute approximate surface area is 184 Å². The van der Waals surface area contributed by atoms with Gasteiger partial charge in [-0.1, -0.05) is 13.0 Å². The first-order valence-corrected chi connectivity index (χ1v) is 10.4. The molecule has 0 aromatic carbocycles. The number of hydrogen-bond acceptors (Lipinski definition) is 6. The standard InChI is InChI=1S/C22H25F3N4O3/c1-2-20(31)27-18-12-16(8-9-26-18)17(30)11-15-5-4-10-29(13-15)19-6-3-7-21(28-19)32-14-22(23,24)25/h3,6-9,12,15H,2,4-5,10-11,13-14H2,1H3,(H,26,27,31)/t15-/m0/s1. The van der Waals surface area contributed by atoms with Crippen LogP contribution < -0.4 is 15.0 Å². The Balaban J connectivity index is 1.61. The fourth-order valence-electron chi connectivity index (χ4n) is 3.54. The number of carbonyl (C=O) groups is 2. The van der Waals surface area contributed by atoms with Gasteiger partial charge < -0.3 is 15.0 Å². The van der Waals surface area contributed by atoms with Crippen LogP contribution in [0.4, 0.5) is 24.8 Å². The summed E-state index contributed by atoms with van der Waals surface area (Å²) < 4.78 is 41.9. The molecule has 2 aromatic heterocycles. The summed E-state index contributed by atoms with van der Waals surface area (Å²) in [5.41, 5.74) is 0.476. The molecule has 1 saturated heterocycles. The SMILES string of the molecule is CCC(=O)Nc1cc(C(=O)C[C@@H]2CCCN(c3cccc(OCC(F)(F)F)n3)C2)ccn1. The van der Waals surface area contributed by atoms with E-state index in [0.29, 0.717) is 43.1 Å². The minimum Gasteiger partial charge on any atom is -0.468 e. The lowest BCUT2D eigenvalue weighted by molar-refractivity contribution is -0.154. The third kappa shape index (κ3) is 6.93. The van der Waals surface area contributed by atoms with E-state index in [4.69, 9.17) is 4.74 Å². The molecule has 0 radical (unpaired) electrons. The van der Waals surface area contributed by atoms with Crippen LogP contribution in [0, 0.1) is 5.92 Å². The molecular weight excluding hydrogens is 425 g/mol. The quantitative estimate of drug-likeness (QED) is 0.605. The van der Waals surface area contributed by atoms with Crippen LogP contribution in [0.25, 0.3) is 0 Å². The highest BCUT2D eigenvalue weighted by molar-refractivity contribution is 5.98. The summed E-state index contributed by atoms with van der Waals surface area (Å²) in [5.74, 6) is 0.611. The van der Waals surface area contributed by atoms with Crippen molar-refractivity contribution in [3.8, 4) is 5.88 Å². The van der Waals surface area contributed by atoms with Gasteiger partial charge in [-0.05, 0) is 37.0 Å². The van der Waals surface area contributed by atoms with Gasteiger partial charge in [-0.2, -0.15) is 18.2 Å². The molecule has 7 nitrogen and oxygen atoms in total. The van der Waals surface area contributed by atoms with Crippen molar-refractivity contribution in [3.05, 3.63) is 42.1 Å². The highest BCUT2D eigenvalue weighted by Crippen LogP contribution is 2.27. The molecule has 1 atom stereocenters. The van der Waals surface area contributed by atoms with Crippen molar-refractivity contribution in [2.75, 3.05) is 29.9 Å². The number of amides is 1. The highest BCUT2D eigenvalue weighted by atomic mass is 19.4. The van der Waals surface area contributed by atoms with Crippen LogP contribution in [0.2, 0.25) is 0 Å². The maximum Gasteiger partial charge on any atom is 0.422 e. The summed E-state index contributed by atoms with van der Waals surface area (Å²) in [6.45, 7) is 1.59. The van der Waals surface area contributed by atoms with E-state index in [0.717, 1.165) is 12.8 Å². The van der Waals surface area contributed by atoms with Crippen molar-refractivity contribution in [2.24, 2.45) is 5.92 Å². The average molecular weight is 450 g/mol. The number of pyridine rings is 2. The molecule has 1 fully saturated rings. The minimum absolute atomic E-state index is 0.0542. The zero-order valence-corrected chi connectivity index (χ0v) is 17.7. The summed E-state index contributed by atoms with van der Waals surface area (Å²) in [4.78, 5) is 34.6. The fraction of sp³-hybridized carbons (Fsp3) is 0.455. The third-order valence-electron chi connectivity index (χ3n) is 5.08. The Morgan fingerprint density at radius 3 is 2.84 bits per heavy atom. The van der Waals surface area contributed by atoms with Gasteiger partial charge in [0.15, 0.2) is 12.4 Å². The lowest BCUT2D eigenvalue weighted by Crippen LogP contribution is -2.36. The number of alkyl halides is 3. The van der Waals surface area contributed by atoms with E-state index in [-0.39, 0.29) is 23.5 Å². The lowest BCUT2D eigenvalue weighted by Gasteiger charge is -2.33. The van der Waals surface area contributed by atoms with Gasteiger partial charge in [0.25, 0.3) is 0 Å². The van der Waals surface area contributed by atoms with Gasteiger partial charge in [-0.3, -0.25) is 9.59 Å². The Hall–Kier alpha value is -3.17. The van der Waals surface area contributed by atoms with Crippen LogP contribution in [0.15, 0.2) is 36.5 Å². The molecule has 0 aliphatic carbocycles. The molecular formula is C22H25F3N4O3. The first-order chi connectivity index (χ1) is 15.2. The minimum atomic E-state index is -4.43. The molecule has 10 heteroatoms. The number of halogens is 3. The summed E-state index contributed by atoms with van der Waals surface area (Å²) in [5, 5.41) is 2.64. The number of aromatic nitrogens is 2. The maximum absolute atomic E-state index is 12.8. The number of hydrogen-bond donors (Lipinski definition) is 1. The van der Waals surface area contributed by atoms with Crippen LogP contribution in [-0.2, 0) is 4.79 Å². The number of carbonyl (C=O) groups excluding carboxylic acids is 2. The number of ketones is 1. The van der Waals surface area contributed by atoms with Crippen LogP contribution in [0.1, 0.15) is 43.0 Å². The second-order valence-electron chi connectivity index (χ2n) is 7.65. The molecule has 1 N–H and O–H groups in total. The van der Waals surface area contributed by atoms with Gasteiger partial charge >= 0.3 is 6.18 Å². The molecule has 0 spiro atoms. The van der Waals surface area contributed by atoms with E-state index in [9.17, 15) is 22.8 Å². The first kappa shape index (κ1) is 23.5. The molecule has 1 aliphatic heterocycles. The average Bonchev–Trinajstić information content (AvgIpc) is 2.77. The van der Waals surface area contributed by atoms with Crippen molar-refractivity contribution in [3.63, 3.8) is 0 Å². The Bertz CT molecular complexity index is 952. The smallest absolute Gasteiger partial charge is 0.422 e. The fourth-order valence-corrected chi connectivity index (χ4v) is 3.54. The monoisotopic (exact) mass is 450 g/mol. The first-order valence-electron chi connectivity index (χ1n) is 10.4. The molecule has 0 bridgehead atoms. The number of piperidine rings is 1. The normalized spacial score (nSPS) is 16.5. The highest BCUT2D eigenvalue weighted by Gasteiger charge is 2.29. The molecule has 172 valence electrons. The zero-order valence-electron chi connectivity index (χ0n) is 17.7. The van der Waals surface area contributed by atoms with E-state index in [2.05, 4.69) is 15.3 Å². The Morgan fingerprint density at radius 2 is 2.09 bits per heavy atom. The van der Waals surface area contributed by atoms with E-state index < -0.39 is 12.8 Å². The Kier molecular flexibility index (Phi) is 7.66. The van der Waals surface area contributed by atoms with E-state index in [1.165, 1.54) is 12.3 Å². The molecule has 3 rings (SSSR count). The number of rotatable bonds is 8. The number of anilines is 2. The van der Waals surface area contributed by atoms with Gasteiger partial charge in [-0.25, -0.2) is 4.98 Å². The van der Waals surface area contributed by atoms with E-state index in [1.807, 2.05) is 4.90 Å². The topological polar surface area (TPSA) is 84.4 Å². The molecule has 32 heavy (non-hydrogen) atoms. The summed E-state index contributed by atoms with van der Waals surface area (Å²) in [6, 6.07) is 7.90. The molecule has 3 heterocycles. The van der Waals surface area contributed by atoms with Crippen molar-refractivity contribution in [1.29, 1.82) is 0 Å². The number of ether oxygens (including phenoxy) is 1. The second kappa shape index (κ2) is 10.4.